The number of nitriles is 1. The molecule has 0 spiro atoms. The maximum absolute atomic E-state index is 12.4. The molecule has 0 aliphatic heterocycles. The number of benzene rings is 1. The van der Waals surface area contributed by atoms with Gasteiger partial charge < -0.3 is 10.4 Å². The summed E-state index contributed by atoms with van der Waals surface area (Å²) in [5.41, 5.74) is 0.620. The largest absolute Gasteiger partial charge is 0.396 e. The van der Waals surface area contributed by atoms with Crippen LogP contribution >= 0.6 is 0 Å². The number of carbonyl (C=O) groups excluding carboxylic acids is 1. The van der Waals surface area contributed by atoms with Gasteiger partial charge in [-0.3, -0.25) is 4.79 Å². The molecule has 1 aromatic carbocycles. The Kier molecular flexibility index (Phi) is 5.29. The predicted molar refractivity (Wildman–Crippen MR) is 78.0 cm³/mol. The van der Waals surface area contributed by atoms with E-state index in [1.165, 1.54) is 0 Å². The zero-order chi connectivity index (χ0) is 15.3. The Morgan fingerprint density at radius 3 is 2.65 bits per heavy atom. The lowest BCUT2D eigenvalue weighted by Crippen LogP contribution is -2.46. The van der Waals surface area contributed by atoms with Crippen LogP contribution < -0.4 is 5.32 Å². The number of aliphatic hydroxyl groups excluding tert-OH is 1. The summed E-state index contributed by atoms with van der Waals surface area (Å²) >= 11 is 0. The second-order valence-corrected chi connectivity index (χ2v) is 5.74. The molecule has 4 heteroatoms. The highest BCUT2D eigenvalue weighted by Gasteiger charge is 2.31. The van der Waals surface area contributed by atoms with Gasteiger partial charge in [0, 0.05) is 12.6 Å². The van der Waals surface area contributed by atoms with Crippen molar-refractivity contribution in [1.29, 1.82) is 5.26 Å². The lowest BCUT2D eigenvalue weighted by atomic mass is 9.82. The van der Waals surface area contributed by atoms with E-state index in [2.05, 4.69) is 11.4 Å². The van der Waals surface area contributed by atoms with Crippen molar-refractivity contribution in [1.82, 2.24) is 5.32 Å². The van der Waals surface area contributed by atoms with E-state index >= 15 is 0 Å². The van der Waals surface area contributed by atoms with Gasteiger partial charge in [0.25, 0.3) is 0 Å². The smallest absolute Gasteiger partial charge is 0.230 e. The van der Waals surface area contributed by atoms with E-state index in [1.54, 1.807) is 18.2 Å². The predicted octanol–water partition coefficient (Wildman–Crippen LogP) is 1.97. The number of nitrogens with one attached hydrogen (secondary N) is 1. The highest BCUT2D eigenvalue weighted by Crippen LogP contribution is 2.24. The van der Waals surface area contributed by atoms with Crippen LogP contribution in [0.5, 0.6) is 0 Å². The van der Waals surface area contributed by atoms with Gasteiger partial charge in [-0.2, -0.15) is 5.26 Å². The normalized spacial score (nSPS) is 14.2. The Bertz CT molecular complexity index is 517. The summed E-state index contributed by atoms with van der Waals surface area (Å²) in [6, 6.07) is 9.06. The molecule has 0 fully saturated rings. The highest BCUT2D eigenvalue weighted by atomic mass is 16.3. The minimum atomic E-state index is -0.726. The van der Waals surface area contributed by atoms with E-state index < -0.39 is 5.41 Å². The SMILES string of the molecule is CC(CO)C(C)NC(=O)C(C)(C)c1cccc(C#N)c1. The van der Waals surface area contributed by atoms with Crippen LogP contribution in [0.15, 0.2) is 24.3 Å². The summed E-state index contributed by atoms with van der Waals surface area (Å²) in [6.45, 7) is 7.45. The molecule has 1 aromatic rings. The van der Waals surface area contributed by atoms with Gasteiger partial charge in [0.1, 0.15) is 0 Å². The monoisotopic (exact) mass is 274 g/mol. The molecule has 0 heterocycles. The summed E-state index contributed by atoms with van der Waals surface area (Å²) in [4.78, 5) is 12.4. The molecule has 1 amide bonds. The van der Waals surface area contributed by atoms with E-state index in [0.717, 1.165) is 5.56 Å². The number of hydrogen-bond acceptors (Lipinski definition) is 3. The third-order valence-electron chi connectivity index (χ3n) is 3.78. The van der Waals surface area contributed by atoms with Crippen molar-refractivity contribution in [2.45, 2.75) is 39.2 Å². The minimum Gasteiger partial charge on any atom is -0.396 e. The van der Waals surface area contributed by atoms with Crippen molar-refractivity contribution in [3.05, 3.63) is 35.4 Å². The molecular formula is C16H22N2O2. The molecule has 0 saturated heterocycles. The molecule has 1 rings (SSSR count). The van der Waals surface area contributed by atoms with E-state index in [0.29, 0.717) is 5.56 Å². The van der Waals surface area contributed by atoms with Crippen molar-refractivity contribution < 1.29 is 9.90 Å². The maximum atomic E-state index is 12.4. The molecule has 0 aromatic heterocycles. The van der Waals surface area contributed by atoms with Gasteiger partial charge in [0.05, 0.1) is 17.0 Å². The molecule has 2 unspecified atom stereocenters. The molecular weight excluding hydrogens is 252 g/mol. The van der Waals surface area contributed by atoms with Crippen molar-refractivity contribution >= 4 is 5.91 Å². The second kappa shape index (κ2) is 6.53. The fraction of sp³-hybridized carbons (Fsp3) is 0.500. The summed E-state index contributed by atoms with van der Waals surface area (Å²) in [7, 11) is 0. The molecule has 2 atom stereocenters. The first kappa shape index (κ1) is 16.2. The second-order valence-electron chi connectivity index (χ2n) is 5.74. The summed E-state index contributed by atoms with van der Waals surface area (Å²) in [6.07, 6.45) is 0. The van der Waals surface area contributed by atoms with Gasteiger partial charge in [-0.1, -0.05) is 19.1 Å². The number of nitrogens with zero attached hydrogens (tertiary/aromatic N) is 1. The van der Waals surface area contributed by atoms with Crippen LogP contribution in [0, 0.1) is 17.2 Å². The van der Waals surface area contributed by atoms with Crippen molar-refractivity contribution in [3.8, 4) is 6.07 Å². The van der Waals surface area contributed by atoms with Gasteiger partial charge in [-0.15, -0.1) is 0 Å². The molecule has 0 radical (unpaired) electrons. The average Bonchev–Trinajstić information content (AvgIpc) is 2.46. The van der Waals surface area contributed by atoms with Crippen molar-refractivity contribution in [2.24, 2.45) is 5.92 Å². The standard InChI is InChI=1S/C16H22N2O2/c1-11(10-19)12(2)18-15(20)16(3,4)14-7-5-6-13(8-14)9-17/h5-8,11-12,19H,10H2,1-4H3,(H,18,20). The van der Waals surface area contributed by atoms with Gasteiger partial charge in [0.2, 0.25) is 5.91 Å². The van der Waals surface area contributed by atoms with Crippen LogP contribution in [0.3, 0.4) is 0 Å². The summed E-state index contributed by atoms with van der Waals surface area (Å²) < 4.78 is 0. The van der Waals surface area contributed by atoms with E-state index in [4.69, 9.17) is 10.4 Å². The lowest BCUT2D eigenvalue weighted by molar-refractivity contribution is -0.126. The maximum Gasteiger partial charge on any atom is 0.230 e. The van der Waals surface area contributed by atoms with E-state index in [-0.39, 0.29) is 24.5 Å². The van der Waals surface area contributed by atoms with Crippen LogP contribution in [0.2, 0.25) is 0 Å². The fourth-order valence-electron chi connectivity index (χ4n) is 1.80. The van der Waals surface area contributed by atoms with Gasteiger partial charge in [0.15, 0.2) is 0 Å². The van der Waals surface area contributed by atoms with Crippen molar-refractivity contribution in [3.63, 3.8) is 0 Å². The van der Waals surface area contributed by atoms with E-state index in [1.807, 2.05) is 33.8 Å². The Balaban J connectivity index is 2.92. The molecule has 0 bridgehead atoms. The van der Waals surface area contributed by atoms with Crippen LogP contribution in [-0.4, -0.2) is 23.7 Å². The molecule has 0 aliphatic rings. The lowest BCUT2D eigenvalue weighted by Gasteiger charge is -2.28. The Morgan fingerprint density at radius 1 is 1.45 bits per heavy atom. The molecule has 0 aliphatic carbocycles. The van der Waals surface area contributed by atoms with Crippen LogP contribution in [-0.2, 0) is 10.2 Å². The van der Waals surface area contributed by atoms with Crippen LogP contribution in [0.4, 0.5) is 0 Å². The zero-order valence-corrected chi connectivity index (χ0v) is 12.5. The minimum absolute atomic E-state index is 0.000179. The summed E-state index contributed by atoms with van der Waals surface area (Å²) in [5, 5.41) is 21.0. The Labute approximate surface area is 120 Å². The number of amides is 1. The molecule has 0 saturated carbocycles. The first-order chi connectivity index (χ1) is 9.32. The molecule has 2 N–H and O–H groups in total. The van der Waals surface area contributed by atoms with Gasteiger partial charge >= 0.3 is 0 Å². The number of carbonyl (C=O) groups is 1. The number of rotatable bonds is 5. The van der Waals surface area contributed by atoms with E-state index in [9.17, 15) is 4.79 Å². The first-order valence-corrected chi connectivity index (χ1v) is 6.75. The molecule has 4 nitrogen and oxygen atoms in total. The quantitative estimate of drug-likeness (QED) is 0.862. The number of hydrogen-bond donors (Lipinski definition) is 2. The molecule has 20 heavy (non-hydrogen) atoms. The first-order valence-electron chi connectivity index (χ1n) is 6.75. The topological polar surface area (TPSA) is 73.1 Å². The fourth-order valence-corrected chi connectivity index (χ4v) is 1.80. The Morgan fingerprint density at radius 2 is 2.10 bits per heavy atom. The third kappa shape index (κ3) is 3.58. The average molecular weight is 274 g/mol. The number of aliphatic hydroxyl groups is 1. The van der Waals surface area contributed by atoms with Crippen LogP contribution in [0.1, 0.15) is 38.8 Å². The van der Waals surface area contributed by atoms with Gasteiger partial charge in [-0.05, 0) is 44.4 Å². The molecule has 108 valence electrons. The van der Waals surface area contributed by atoms with Crippen LogP contribution in [0.25, 0.3) is 0 Å². The van der Waals surface area contributed by atoms with Gasteiger partial charge in [-0.25, -0.2) is 0 Å². The summed E-state index contributed by atoms with van der Waals surface area (Å²) in [5.74, 6) is -0.111. The third-order valence-corrected chi connectivity index (χ3v) is 3.78. The highest BCUT2D eigenvalue weighted by molar-refractivity contribution is 5.87. The zero-order valence-electron chi connectivity index (χ0n) is 12.5. The van der Waals surface area contributed by atoms with Crippen molar-refractivity contribution in [2.75, 3.05) is 6.61 Å². The Hall–Kier alpha value is -1.86.